The lowest BCUT2D eigenvalue weighted by atomic mass is 10.1. The van der Waals surface area contributed by atoms with Gasteiger partial charge in [-0.1, -0.05) is 52.4 Å². The molecule has 0 saturated heterocycles. The van der Waals surface area contributed by atoms with Crippen molar-refractivity contribution in [3.8, 4) is 0 Å². The molecule has 0 radical (unpaired) electrons. The van der Waals surface area contributed by atoms with Crippen molar-refractivity contribution >= 4 is 17.5 Å². The Bertz CT molecular complexity index is 213. The topological polar surface area (TPSA) is 12.4 Å². The Hall–Kier alpha value is 0.0200. The van der Waals surface area contributed by atoms with Gasteiger partial charge in [0.1, 0.15) is 0 Å². The first-order chi connectivity index (χ1) is 7.77. The van der Waals surface area contributed by atoms with Crippen molar-refractivity contribution < 1.29 is 0 Å². The van der Waals surface area contributed by atoms with Crippen molar-refractivity contribution in [2.45, 2.75) is 82.8 Å². The molecule has 0 fully saturated rings. The summed E-state index contributed by atoms with van der Waals surface area (Å²) >= 11 is 2.08. The van der Waals surface area contributed by atoms with Crippen molar-refractivity contribution in [3.63, 3.8) is 0 Å². The second-order valence-corrected chi connectivity index (χ2v) is 6.20. The number of thioether (sulfide) groups is 1. The van der Waals surface area contributed by atoms with Gasteiger partial charge >= 0.3 is 0 Å². The molecule has 16 heavy (non-hydrogen) atoms. The van der Waals surface area contributed by atoms with Crippen LogP contribution in [-0.2, 0) is 0 Å². The van der Waals surface area contributed by atoms with Gasteiger partial charge in [-0.05, 0) is 19.8 Å². The van der Waals surface area contributed by atoms with Gasteiger partial charge in [0.15, 0.2) is 0 Å². The minimum Gasteiger partial charge on any atom is -0.279 e. The molecule has 2 heteroatoms. The molecule has 2 atom stereocenters. The number of rotatable bonds is 8. The molecule has 0 amide bonds. The van der Waals surface area contributed by atoms with Crippen molar-refractivity contribution in [1.29, 1.82) is 0 Å². The summed E-state index contributed by atoms with van der Waals surface area (Å²) in [6.07, 6.45) is 10.9. The quantitative estimate of drug-likeness (QED) is 0.542. The average molecular weight is 241 g/mol. The maximum atomic E-state index is 4.75. The van der Waals surface area contributed by atoms with E-state index in [0.717, 1.165) is 0 Å². The van der Waals surface area contributed by atoms with Crippen LogP contribution in [0.25, 0.3) is 0 Å². The number of aliphatic imine (C=N–C) groups is 1. The van der Waals surface area contributed by atoms with E-state index in [1.54, 1.807) is 0 Å². The zero-order chi connectivity index (χ0) is 11.8. The Labute approximate surface area is 105 Å². The van der Waals surface area contributed by atoms with Crippen LogP contribution in [0.4, 0.5) is 0 Å². The van der Waals surface area contributed by atoms with Gasteiger partial charge < -0.3 is 0 Å². The Balaban J connectivity index is 2.02. The van der Waals surface area contributed by atoms with Crippen molar-refractivity contribution in [2.75, 3.05) is 0 Å². The molecule has 0 bridgehead atoms. The first-order valence-electron chi connectivity index (χ1n) is 6.97. The fourth-order valence-electron chi connectivity index (χ4n) is 2.25. The summed E-state index contributed by atoms with van der Waals surface area (Å²) in [5.41, 5.74) is 1.38. The summed E-state index contributed by atoms with van der Waals surface area (Å²) in [4.78, 5) is 4.75. The molecule has 0 aromatic rings. The number of hydrogen-bond acceptors (Lipinski definition) is 2. The molecule has 1 rings (SSSR count). The van der Waals surface area contributed by atoms with Crippen LogP contribution in [-0.4, -0.2) is 16.3 Å². The molecule has 0 saturated carbocycles. The number of unbranched alkanes of at least 4 members (excludes halogenated alkanes) is 5. The van der Waals surface area contributed by atoms with Crippen LogP contribution in [0.1, 0.15) is 72.1 Å². The fourth-order valence-corrected chi connectivity index (χ4v) is 3.61. The molecule has 0 aliphatic carbocycles. The standard InChI is InChI=1S/C14H27NS/c1-4-6-7-8-9-10-11-14-15-12(3)13(5-2)16-14/h13-14H,4-11H2,1-3H3. The molecule has 0 spiro atoms. The SMILES string of the molecule is CCCCCCCCC1N=C(C)C(CC)S1. The number of hydrogen-bond donors (Lipinski definition) is 0. The molecule has 1 nitrogen and oxygen atoms in total. The number of nitrogens with zero attached hydrogens (tertiary/aromatic N) is 1. The molecular weight excluding hydrogens is 214 g/mol. The molecular formula is C14H27NS. The highest BCUT2D eigenvalue weighted by Crippen LogP contribution is 2.32. The van der Waals surface area contributed by atoms with Crippen LogP contribution >= 0.6 is 11.8 Å². The van der Waals surface area contributed by atoms with Crippen LogP contribution in [0.15, 0.2) is 4.99 Å². The lowest BCUT2D eigenvalue weighted by Crippen LogP contribution is -2.06. The summed E-state index contributed by atoms with van der Waals surface area (Å²) < 4.78 is 0. The largest absolute Gasteiger partial charge is 0.279 e. The van der Waals surface area contributed by atoms with Gasteiger partial charge in [-0.3, -0.25) is 4.99 Å². The molecule has 1 aliphatic rings. The Kier molecular flexibility index (Phi) is 7.18. The van der Waals surface area contributed by atoms with Crippen molar-refractivity contribution in [3.05, 3.63) is 0 Å². The molecule has 1 heterocycles. The van der Waals surface area contributed by atoms with Gasteiger partial charge in [-0.25, -0.2) is 0 Å². The highest BCUT2D eigenvalue weighted by atomic mass is 32.2. The normalized spacial score (nSPS) is 24.8. The van der Waals surface area contributed by atoms with Gasteiger partial charge in [-0.2, -0.15) is 0 Å². The molecule has 94 valence electrons. The Morgan fingerprint density at radius 2 is 1.75 bits per heavy atom. The van der Waals surface area contributed by atoms with Gasteiger partial charge in [0.2, 0.25) is 0 Å². The van der Waals surface area contributed by atoms with Crippen molar-refractivity contribution in [1.82, 2.24) is 0 Å². The van der Waals surface area contributed by atoms with E-state index in [2.05, 4.69) is 32.5 Å². The van der Waals surface area contributed by atoms with Gasteiger partial charge in [0.25, 0.3) is 0 Å². The zero-order valence-corrected chi connectivity index (χ0v) is 12.0. The van der Waals surface area contributed by atoms with Crippen molar-refractivity contribution in [2.24, 2.45) is 4.99 Å². The third-order valence-electron chi connectivity index (χ3n) is 3.31. The van der Waals surface area contributed by atoms with Crippen LogP contribution in [0.5, 0.6) is 0 Å². The summed E-state index contributed by atoms with van der Waals surface area (Å²) in [7, 11) is 0. The average Bonchev–Trinajstić information content (AvgIpc) is 2.64. The van der Waals surface area contributed by atoms with E-state index in [1.165, 1.54) is 57.1 Å². The monoisotopic (exact) mass is 241 g/mol. The minimum absolute atomic E-state index is 0.580. The minimum atomic E-state index is 0.580. The predicted molar refractivity (Wildman–Crippen MR) is 76.6 cm³/mol. The maximum absolute atomic E-state index is 4.75. The predicted octanol–water partition coefficient (Wildman–Crippen LogP) is 5.05. The highest BCUT2D eigenvalue weighted by molar-refractivity contribution is 8.01. The van der Waals surface area contributed by atoms with Crippen LogP contribution in [0.2, 0.25) is 0 Å². The lowest BCUT2D eigenvalue weighted by Gasteiger charge is -2.08. The first-order valence-corrected chi connectivity index (χ1v) is 7.92. The zero-order valence-electron chi connectivity index (χ0n) is 11.2. The van der Waals surface area contributed by atoms with Gasteiger partial charge in [0, 0.05) is 11.0 Å². The molecule has 1 aliphatic heterocycles. The second-order valence-electron chi connectivity index (χ2n) is 4.81. The molecule has 2 unspecified atom stereocenters. The summed E-state index contributed by atoms with van der Waals surface area (Å²) in [5.74, 6) is 0. The summed E-state index contributed by atoms with van der Waals surface area (Å²) in [6.45, 7) is 6.74. The Morgan fingerprint density at radius 3 is 2.38 bits per heavy atom. The van der Waals surface area contributed by atoms with E-state index in [-0.39, 0.29) is 0 Å². The summed E-state index contributed by atoms with van der Waals surface area (Å²) in [6, 6.07) is 0. The Morgan fingerprint density at radius 1 is 1.06 bits per heavy atom. The van der Waals surface area contributed by atoms with Gasteiger partial charge in [0.05, 0.1) is 5.37 Å². The van der Waals surface area contributed by atoms with Gasteiger partial charge in [-0.15, -0.1) is 11.8 Å². The van der Waals surface area contributed by atoms with E-state index in [1.807, 2.05) is 0 Å². The first kappa shape index (κ1) is 14.1. The highest BCUT2D eigenvalue weighted by Gasteiger charge is 2.23. The molecule has 0 N–H and O–H groups in total. The molecule has 0 aromatic carbocycles. The third kappa shape index (κ3) is 4.90. The fraction of sp³-hybridized carbons (Fsp3) is 0.929. The van der Waals surface area contributed by atoms with Crippen LogP contribution in [0.3, 0.4) is 0 Å². The van der Waals surface area contributed by atoms with E-state index in [9.17, 15) is 0 Å². The molecule has 0 aromatic heterocycles. The third-order valence-corrected chi connectivity index (χ3v) is 4.97. The lowest BCUT2D eigenvalue weighted by molar-refractivity contribution is 0.586. The van der Waals surface area contributed by atoms with E-state index >= 15 is 0 Å². The van der Waals surface area contributed by atoms with E-state index in [0.29, 0.717) is 10.6 Å². The van der Waals surface area contributed by atoms with Crippen LogP contribution in [0, 0.1) is 0 Å². The van der Waals surface area contributed by atoms with E-state index in [4.69, 9.17) is 4.99 Å². The maximum Gasteiger partial charge on any atom is 0.0957 e. The second kappa shape index (κ2) is 8.16. The van der Waals surface area contributed by atoms with Crippen LogP contribution < -0.4 is 0 Å². The van der Waals surface area contributed by atoms with E-state index < -0.39 is 0 Å². The summed E-state index contributed by atoms with van der Waals surface area (Å²) in [5, 5.41) is 1.29. The smallest absolute Gasteiger partial charge is 0.0957 e.